The molecule has 0 radical (unpaired) electrons. The predicted molar refractivity (Wildman–Crippen MR) is 101 cm³/mol. The van der Waals surface area contributed by atoms with Gasteiger partial charge in [0.15, 0.2) is 5.76 Å². The lowest BCUT2D eigenvalue weighted by Gasteiger charge is -2.29. The van der Waals surface area contributed by atoms with E-state index in [-0.39, 0.29) is 17.9 Å². The highest BCUT2D eigenvalue weighted by Crippen LogP contribution is 2.24. The fraction of sp³-hybridized carbons (Fsp3) is 0.500. The first-order valence-corrected chi connectivity index (χ1v) is 9.17. The van der Waals surface area contributed by atoms with Gasteiger partial charge in [0.2, 0.25) is 0 Å². The number of nitrogens with one attached hydrogen (secondary N) is 1. The van der Waals surface area contributed by atoms with Crippen LogP contribution >= 0.6 is 0 Å². The molecule has 2 aromatic rings. The van der Waals surface area contributed by atoms with Crippen LogP contribution in [-0.2, 0) is 4.74 Å². The Balaban J connectivity index is 1.69. The van der Waals surface area contributed by atoms with E-state index >= 15 is 0 Å². The van der Waals surface area contributed by atoms with Crippen LogP contribution in [0.1, 0.15) is 60.1 Å². The van der Waals surface area contributed by atoms with Gasteiger partial charge in [0.1, 0.15) is 5.56 Å². The first-order chi connectivity index (χ1) is 12.5. The van der Waals surface area contributed by atoms with Crippen LogP contribution < -0.4 is 10.2 Å². The minimum atomic E-state index is -0.141. The molecular weight excluding hydrogens is 330 g/mol. The second kappa shape index (κ2) is 7.91. The molecule has 1 unspecified atom stereocenters. The molecule has 1 saturated heterocycles. The average Bonchev–Trinajstić information content (AvgIpc) is 3.04. The highest BCUT2D eigenvalue weighted by molar-refractivity contribution is 5.96. The van der Waals surface area contributed by atoms with Crippen molar-refractivity contribution in [3.05, 3.63) is 46.8 Å². The fourth-order valence-corrected chi connectivity index (χ4v) is 3.21. The van der Waals surface area contributed by atoms with Crippen molar-refractivity contribution in [2.24, 2.45) is 0 Å². The van der Waals surface area contributed by atoms with E-state index in [0.29, 0.717) is 17.0 Å². The summed E-state index contributed by atoms with van der Waals surface area (Å²) >= 11 is 0. The number of anilines is 1. The van der Waals surface area contributed by atoms with Crippen LogP contribution in [0.15, 0.2) is 28.8 Å². The Labute approximate surface area is 154 Å². The van der Waals surface area contributed by atoms with Crippen molar-refractivity contribution in [3.8, 4) is 0 Å². The van der Waals surface area contributed by atoms with Gasteiger partial charge in [-0.15, -0.1) is 0 Å². The van der Waals surface area contributed by atoms with Crippen molar-refractivity contribution in [2.45, 2.75) is 39.7 Å². The van der Waals surface area contributed by atoms with Gasteiger partial charge >= 0.3 is 0 Å². The highest BCUT2D eigenvalue weighted by atomic mass is 16.5. The van der Waals surface area contributed by atoms with Gasteiger partial charge in [-0.3, -0.25) is 4.79 Å². The Kier molecular flexibility index (Phi) is 5.61. The average molecular weight is 357 g/mol. The molecule has 3 rings (SSSR count). The first-order valence-electron chi connectivity index (χ1n) is 9.17. The fourth-order valence-electron chi connectivity index (χ4n) is 3.21. The summed E-state index contributed by atoms with van der Waals surface area (Å²) in [5, 5.41) is 7.01. The smallest absolute Gasteiger partial charge is 0.257 e. The Morgan fingerprint density at radius 2 is 1.81 bits per heavy atom. The summed E-state index contributed by atoms with van der Waals surface area (Å²) in [7, 11) is 0. The highest BCUT2D eigenvalue weighted by Gasteiger charge is 2.24. The predicted octanol–water partition coefficient (Wildman–Crippen LogP) is 3.43. The van der Waals surface area contributed by atoms with Gasteiger partial charge in [0.05, 0.1) is 24.9 Å². The molecule has 2 heterocycles. The number of nitrogens with zero attached hydrogens (tertiary/aromatic N) is 2. The van der Waals surface area contributed by atoms with E-state index in [1.807, 2.05) is 20.8 Å². The normalized spacial score (nSPS) is 16.0. The molecule has 1 aromatic heterocycles. The number of morpholine rings is 1. The van der Waals surface area contributed by atoms with Gasteiger partial charge in [0.25, 0.3) is 5.91 Å². The molecular formula is C20H27N3O3. The van der Waals surface area contributed by atoms with Crippen molar-refractivity contribution >= 4 is 11.6 Å². The zero-order chi connectivity index (χ0) is 18.7. The standard InChI is InChI=1S/C20H27N3O3/c1-13(2)19-18(15(4)22-26-19)20(24)21-14(3)16-5-7-17(8-6-16)23-9-11-25-12-10-23/h5-8,13-14H,9-12H2,1-4H3,(H,21,24). The van der Waals surface area contributed by atoms with Crippen LogP contribution in [0.25, 0.3) is 0 Å². The lowest BCUT2D eigenvalue weighted by molar-refractivity contribution is 0.0936. The molecule has 0 spiro atoms. The summed E-state index contributed by atoms with van der Waals surface area (Å²) in [6.45, 7) is 11.1. The zero-order valence-corrected chi connectivity index (χ0v) is 15.9. The third kappa shape index (κ3) is 3.90. The first kappa shape index (κ1) is 18.5. The largest absolute Gasteiger partial charge is 0.378 e. The molecule has 0 aliphatic carbocycles. The van der Waals surface area contributed by atoms with E-state index < -0.39 is 0 Å². The molecule has 1 N–H and O–H groups in total. The van der Waals surface area contributed by atoms with Crippen LogP contribution in [0.2, 0.25) is 0 Å². The summed E-state index contributed by atoms with van der Waals surface area (Å²) in [4.78, 5) is 15.0. The maximum Gasteiger partial charge on any atom is 0.257 e. The Bertz CT molecular complexity index is 746. The van der Waals surface area contributed by atoms with E-state index in [9.17, 15) is 4.79 Å². The maximum atomic E-state index is 12.7. The number of hydrogen-bond donors (Lipinski definition) is 1. The summed E-state index contributed by atoms with van der Waals surface area (Å²) in [5.41, 5.74) is 3.43. The van der Waals surface area contributed by atoms with Crippen LogP contribution in [0.4, 0.5) is 5.69 Å². The molecule has 6 heteroatoms. The molecule has 0 bridgehead atoms. The summed E-state index contributed by atoms with van der Waals surface area (Å²) in [6, 6.07) is 8.25. The number of hydrogen-bond acceptors (Lipinski definition) is 5. The molecule has 1 aliphatic rings. The number of ether oxygens (including phenoxy) is 1. The maximum absolute atomic E-state index is 12.7. The van der Waals surface area contributed by atoms with E-state index in [2.05, 4.69) is 39.6 Å². The van der Waals surface area contributed by atoms with Gasteiger partial charge in [-0.05, 0) is 31.5 Å². The topological polar surface area (TPSA) is 67.6 Å². The molecule has 1 amide bonds. The third-order valence-corrected chi connectivity index (χ3v) is 4.76. The number of carbonyl (C=O) groups is 1. The molecule has 1 atom stereocenters. The van der Waals surface area contributed by atoms with Crippen molar-refractivity contribution < 1.29 is 14.1 Å². The Morgan fingerprint density at radius 3 is 2.42 bits per heavy atom. The van der Waals surface area contributed by atoms with E-state index in [1.165, 1.54) is 5.69 Å². The molecule has 140 valence electrons. The Morgan fingerprint density at radius 1 is 1.15 bits per heavy atom. The molecule has 26 heavy (non-hydrogen) atoms. The van der Waals surface area contributed by atoms with Crippen LogP contribution in [0.3, 0.4) is 0 Å². The van der Waals surface area contributed by atoms with Gasteiger partial charge < -0.3 is 19.5 Å². The summed E-state index contributed by atoms with van der Waals surface area (Å²) < 4.78 is 10.7. The van der Waals surface area contributed by atoms with Crippen molar-refractivity contribution in [2.75, 3.05) is 31.2 Å². The van der Waals surface area contributed by atoms with Gasteiger partial charge in [-0.25, -0.2) is 0 Å². The molecule has 1 fully saturated rings. The third-order valence-electron chi connectivity index (χ3n) is 4.76. The number of benzene rings is 1. The van der Waals surface area contributed by atoms with Crippen molar-refractivity contribution in [1.82, 2.24) is 10.5 Å². The van der Waals surface area contributed by atoms with E-state index in [4.69, 9.17) is 9.26 Å². The van der Waals surface area contributed by atoms with E-state index in [0.717, 1.165) is 31.9 Å². The quantitative estimate of drug-likeness (QED) is 0.888. The molecule has 6 nitrogen and oxygen atoms in total. The molecule has 0 saturated carbocycles. The van der Waals surface area contributed by atoms with Gasteiger partial charge in [-0.1, -0.05) is 31.1 Å². The summed E-state index contributed by atoms with van der Waals surface area (Å²) in [6.07, 6.45) is 0. The lowest BCUT2D eigenvalue weighted by atomic mass is 10.0. The van der Waals surface area contributed by atoms with E-state index in [1.54, 1.807) is 6.92 Å². The number of aryl methyl sites for hydroxylation is 1. The van der Waals surface area contributed by atoms with Crippen LogP contribution in [0.5, 0.6) is 0 Å². The van der Waals surface area contributed by atoms with Crippen molar-refractivity contribution in [1.29, 1.82) is 0 Å². The van der Waals surface area contributed by atoms with Crippen LogP contribution in [-0.4, -0.2) is 37.4 Å². The van der Waals surface area contributed by atoms with Crippen LogP contribution in [0, 0.1) is 6.92 Å². The van der Waals surface area contributed by atoms with Crippen molar-refractivity contribution in [3.63, 3.8) is 0 Å². The molecule has 1 aliphatic heterocycles. The second-order valence-corrected chi connectivity index (χ2v) is 7.05. The van der Waals surface area contributed by atoms with Gasteiger partial charge in [0, 0.05) is 24.7 Å². The number of rotatable bonds is 5. The minimum absolute atomic E-state index is 0.101. The SMILES string of the molecule is Cc1noc(C(C)C)c1C(=O)NC(C)c1ccc(N2CCOCC2)cc1. The second-order valence-electron chi connectivity index (χ2n) is 7.05. The number of amides is 1. The minimum Gasteiger partial charge on any atom is -0.378 e. The monoisotopic (exact) mass is 357 g/mol. The molecule has 1 aromatic carbocycles. The van der Waals surface area contributed by atoms with Gasteiger partial charge in [-0.2, -0.15) is 0 Å². The lowest BCUT2D eigenvalue weighted by Crippen LogP contribution is -2.36. The number of carbonyl (C=O) groups excluding carboxylic acids is 1. The zero-order valence-electron chi connectivity index (χ0n) is 15.9. The summed E-state index contributed by atoms with van der Waals surface area (Å²) in [5.74, 6) is 0.604. The Hall–Kier alpha value is -2.34. The number of aromatic nitrogens is 1.